The van der Waals surface area contributed by atoms with Gasteiger partial charge in [-0.15, -0.1) is 0 Å². The zero-order chi connectivity index (χ0) is 15.1. The van der Waals surface area contributed by atoms with E-state index >= 15 is 0 Å². The van der Waals surface area contributed by atoms with Crippen molar-refractivity contribution in [3.63, 3.8) is 0 Å². The second-order valence-corrected chi connectivity index (χ2v) is 8.76. The van der Waals surface area contributed by atoms with E-state index in [9.17, 15) is 4.21 Å². The minimum absolute atomic E-state index is 0.0438. The molecule has 1 aromatic heterocycles. The molecule has 0 bridgehead atoms. The maximum Gasteiger partial charge on any atom is 0.143 e. The summed E-state index contributed by atoms with van der Waals surface area (Å²) < 4.78 is 21.9. The highest BCUT2D eigenvalue weighted by Crippen LogP contribution is 2.47. The molecule has 2 aliphatic rings. The molecule has 3 rings (SSSR count). The Balaban J connectivity index is 1.94. The van der Waals surface area contributed by atoms with E-state index in [1.54, 1.807) is 12.4 Å². The number of nitrogens with zero attached hydrogens (tertiary/aromatic N) is 1. The standard InChI is InChI=1S/C15H23N3O2S/c1-14(2,3)21(19)18-13-11-4-7-17-10-12(11)20-15(13)5-8-16-9-6-15/h4,7,10,13,16,18H,5-6,8-9H2,1-3H3/t13-,21?/m1/s1. The Kier molecular flexibility index (Phi) is 3.80. The molecule has 0 amide bonds. The van der Waals surface area contributed by atoms with Crippen molar-refractivity contribution in [3.8, 4) is 5.75 Å². The number of piperidine rings is 1. The monoisotopic (exact) mass is 309 g/mol. The Bertz CT molecular complexity index is 550. The van der Waals surface area contributed by atoms with Gasteiger partial charge in [-0.3, -0.25) is 4.98 Å². The van der Waals surface area contributed by atoms with Crippen molar-refractivity contribution < 1.29 is 8.95 Å². The van der Waals surface area contributed by atoms with Gasteiger partial charge in [0.25, 0.3) is 0 Å². The molecule has 2 atom stereocenters. The van der Waals surface area contributed by atoms with Crippen LogP contribution in [0.4, 0.5) is 0 Å². The molecule has 0 saturated carbocycles. The second-order valence-electron chi connectivity index (χ2n) is 6.76. The average Bonchev–Trinajstić information content (AvgIpc) is 2.72. The molecule has 2 N–H and O–H groups in total. The van der Waals surface area contributed by atoms with Crippen molar-refractivity contribution in [1.29, 1.82) is 0 Å². The first kappa shape index (κ1) is 14.9. The number of pyridine rings is 1. The molecule has 1 fully saturated rings. The van der Waals surface area contributed by atoms with Crippen LogP contribution in [0.3, 0.4) is 0 Å². The molecule has 6 heteroatoms. The maximum absolute atomic E-state index is 12.6. The highest BCUT2D eigenvalue weighted by atomic mass is 32.2. The van der Waals surface area contributed by atoms with Gasteiger partial charge in [0.1, 0.15) is 11.4 Å². The summed E-state index contributed by atoms with van der Waals surface area (Å²) in [6, 6.07) is 1.93. The van der Waals surface area contributed by atoms with Crippen LogP contribution in [0.1, 0.15) is 45.2 Å². The van der Waals surface area contributed by atoms with Crippen molar-refractivity contribution in [2.24, 2.45) is 0 Å². The average molecular weight is 309 g/mol. The van der Waals surface area contributed by atoms with Gasteiger partial charge in [-0.25, -0.2) is 8.93 Å². The number of fused-ring (bicyclic) bond motifs is 1. The second kappa shape index (κ2) is 5.34. The maximum atomic E-state index is 12.6. The summed E-state index contributed by atoms with van der Waals surface area (Å²) in [5, 5.41) is 3.37. The number of hydrogen-bond acceptors (Lipinski definition) is 4. The van der Waals surface area contributed by atoms with Crippen LogP contribution in [0.15, 0.2) is 18.5 Å². The lowest BCUT2D eigenvalue weighted by Crippen LogP contribution is -2.53. The van der Waals surface area contributed by atoms with Crippen LogP contribution in [0.25, 0.3) is 0 Å². The smallest absolute Gasteiger partial charge is 0.143 e. The first-order chi connectivity index (χ1) is 9.92. The van der Waals surface area contributed by atoms with Crippen molar-refractivity contribution in [2.75, 3.05) is 13.1 Å². The Morgan fingerprint density at radius 2 is 2.14 bits per heavy atom. The molecule has 0 aliphatic carbocycles. The Labute approximate surface area is 128 Å². The highest BCUT2D eigenvalue weighted by Gasteiger charge is 2.50. The molecule has 116 valence electrons. The van der Waals surface area contributed by atoms with E-state index in [1.807, 2.05) is 26.8 Å². The normalized spacial score (nSPS) is 25.4. The largest absolute Gasteiger partial charge is 0.483 e. The quantitative estimate of drug-likeness (QED) is 0.872. The fourth-order valence-corrected chi connectivity index (χ4v) is 3.88. The van der Waals surface area contributed by atoms with Gasteiger partial charge < -0.3 is 10.1 Å². The van der Waals surface area contributed by atoms with Crippen LogP contribution >= 0.6 is 0 Å². The molecule has 2 aliphatic heterocycles. The predicted octanol–water partition coefficient (Wildman–Crippen LogP) is 1.69. The van der Waals surface area contributed by atoms with Gasteiger partial charge in [-0.1, -0.05) is 0 Å². The van der Waals surface area contributed by atoms with E-state index in [-0.39, 0.29) is 16.4 Å². The molecule has 3 heterocycles. The van der Waals surface area contributed by atoms with E-state index < -0.39 is 11.0 Å². The van der Waals surface area contributed by atoms with E-state index in [0.717, 1.165) is 37.2 Å². The Hall–Kier alpha value is -0.980. The summed E-state index contributed by atoms with van der Waals surface area (Å²) in [4.78, 5) is 4.15. The fourth-order valence-electron chi connectivity index (χ4n) is 2.97. The van der Waals surface area contributed by atoms with Gasteiger partial charge in [0, 0.05) is 24.6 Å². The van der Waals surface area contributed by atoms with E-state index in [4.69, 9.17) is 4.74 Å². The predicted molar refractivity (Wildman–Crippen MR) is 83.5 cm³/mol. The van der Waals surface area contributed by atoms with E-state index in [2.05, 4.69) is 15.0 Å². The van der Waals surface area contributed by atoms with Crippen LogP contribution in [-0.2, 0) is 11.0 Å². The lowest BCUT2D eigenvalue weighted by Gasteiger charge is -2.39. The first-order valence-corrected chi connectivity index (χ1v) is 8.59. The summed E-state index contributed by atoms with van der Waals surface area (Å²) in [5.41, 5.74) is 0.766. The number of hydrogen-bond donors (Lipinski definition) is 2. The van der Waals surface area contributed by atoms with Crippen LogP contribution < -0.4 is 14.8 Å². The first-order valence-electron chi connectivity index (χ1n) is 7.44. The Morgan fingerprint density at radius 3 is 2.81 bits per heavy atom. The zero-order valence-corrected chi connectivity index (χ0v) is 13.6. The van der Waals surface area contributed by atoms with Crippen LogP contribution in [0.2, 0.25) is 0 Å². The minimum Gasteiger partial charge on any atom is -0.483 e. The molecule has 1 unspecified atom stereocenters. The summed E-state index contributed by atoms with van der Waals surface area (Å²) in [6.07, 6.45) is 5.35. The third-order valence-corrected chi connectivity index (χ3v) is 5.76. The van der Waals surface area contributed by atoms with Gasteiger partial charge in [0.05, 0.1) is 28.0 Å². The third kappa shape index (κ3) is 2.72. The van der Waals surface area contributed by atoms with Gasteiger partial charge in [-0.2, -0.15) is 0 Å². The van der Waals surface area contributed by atoms with E-state index in [0.29, 0.717) is 0 Å². The lowest BCUT2D eigenvalue weighted by atomic mass is 9.84. The molecular weight excluding hydrogens is 286 g/mol. The van der Waals surface area contributed by atoms with Gasteiger partial charge in [0.2, 0.25) is 0 Å². The van der Waals surface area contributed by atoms with Crippen LogP contribution in [0.5, 0.6) is 5.75 Å². The van der Waals surface area contributed by atoms with Gasteiger partial charge in [-0.05, 0) is 39.9 Å². The molecule has 0 radical (unpaired) electrons. The number of nitrogens with one attached hydrogen (secondary N) is 2. The SMILES string of the molecule is CC(C)(C)S(=O)N[C@@H]1c2ccncc2OC12CCNCC2. The molecule has 21 heavy (non-hydrogen) atoms. The molecule has 1 saturated heterocycles. The van der Waals surface area contributed by atoms with Crippen molar-refractivity contribution in [2.45, 2.75) is 50.0 Å². The topological polar surface area (TPSA) is 63.2 Å². The van der Waals surface area contributed by atoms with Gasteiger partial charge >= 0.3 is 0 Å². The third-order valence-electron chi connectivity index (χ3n) is 4.20. The number of rotatable bonds is 2. The molecule has 5 nitrogen and oxygen atoms in total. The highest BCUT2D eigenvalue weighted by molar-refractivity contribution is 7.84. The molecule has 0 aromatic carbocycles. The summed E-state index contributed by atoms with van der Waals surface area (Å²) >= 11 is 0. The number of ether oxygens (including phenoxy) is 1. The Morgan fingerprint density at radius 1 is 1.43 bits per heavy atom. The summed E-state index contributed by atoms with van der Waals surface area (Å²) in [6.45, 7) is 7.78. The van der Waals surface area contributed by atoms with Gasteiger partial charge in [0.15, 0.2) is 0 Å². The summed E-state index contributed by atoms with van der Waals surface area (Å²) in [7, 11) is -1.13. The van der Waals surface area contributed by atoms with Crippen molar-refractivity contribution in [3.05, 3.63) is 24.0 Å². The van der Waals surface area contributed by atoms with Crippen molar-refractivity contribution >= 4 is 11.0 Å². The molecular formula is C15H23N3O2S. The zero-order valence-electron chi connectivity index (χ0n) is 12.8. The summed E-state index contributed by atoms with van der Waals surface area (Å²) in [5.74, 6) is 0.822. The van der Waals surface area contributed by atoms with Crippen LogP contribution in [-0.4, -0.2) is 32.6 Å². The van der Waals surface area contributed by atoms with Crippen molar-refractivity contribution in [1.82, 2.24) is 15.0 Å². The number of aromatic nitrogens is 1. The fraction of sp³-hybridized carbons (Fsp3) is 0.667. The lowest BCUT2D eigenvalue weighted by molar-refractivity contribution is 0.0322. The minimum atomic E-state index is -1.13. The molecule has 1 aromatic rings. The van der Waals surface area contributed by atoms with E-state index in [1.165, 1.54) is 0 Å². The molecule has 1 spiro atoms. The van der Waals surface area contributed by atoms with Crippen LogP contribution in [0, 0.1) is 0 Å².